The maximum absolute atomic E-state index is 14.5. The highest BCUT2D eigenvalue weighted by molar-refractivity contribution is 6.00. The Morgan fingerprint density at radius 1 is 0.647 bits per heavy atom. The first kappa shape index (κ1) is 33.3. The van der Waals surface area contributed by atoms with Crippen molar-refractivity contribution in [1.29, 1.82) is 0 Å². The number of alkyl carbamates (subject to hydrolysis) is 1. The molecular weight excluding hydrogens is 636 g/mol. The lowest BCUT2D eigenvalue weighted by molar-refractivity contribution is -0.142. The second kappa shape index (κ2) is 15.1. The van der Waals surface area contributed by atoms with Gasteiger partial charge in [-0.1, -0.05) is 140 Å². The molecule has 7 nitrogen and oxygen atoms in total. The van der Waals surface area contributed by atoms with E-state index in [0.717, 1.165) is 44.2 Å². The van der Waals surface area contributed by atoms with Crippen molar-refractivity contribution in [2.75, 3.05) is 13.2 Å². The van der Waals surface area contributed by atoms with E-state index in [1.54, 1.807) is 12.1 Å². The number of carboxylic acids is 1. The number of amides is 2. The molecule has 6 aromatic carbocycles. The third kappa shape index (κ3) is 7.53. The summed E-state index contributed by atoms with van der Waals surface area (Å²) in [4.78, 5) is 42.5. The molecule has 0 heterocycles. The minimum atomic E-state index is -1.20. The van der Waals surface area contributed by atoms with Crippen molar-refractivity contribution in [2.24, 2.45) is 0 Å². The van der Waals surface area contributed by atoms with Crippen molar-refractivity contribution in [3.63, 3.8) is 0 Å². The molecule has 51 heavy (non-hydrogen) atoms. The van der Waals surface area contributed by atoms with Gasteiger partial charge in [-0.2, -0.15) is 0 Å². The molecule has 7 rings (SSSR count). The number of rotatable bonds is 12. The number of carbonyl (C=O) groups excluding carboxylic acids is 2. The zero-order valence-corrected chi connectivity index (χ0v) is 28.0. The van der Waals surface area contributed by atoms with Crippen LogP contribution in [0.3, 0.4) is 0 Å². The van der Waals surface area contributed by atoms with Gasteiger partial charge >= 0.3 is 12.1 Å². The number of nitrogens with zero attached hydrogens (tertiary/aromatic N) is 1. The van der Waals surface area contributed by atoms with Crippen molar-refractivity contribution < 1.29 is 24.2 Å². The summed E-state index contributed by atoms with van der Waals surface area (Å²) in [6.07, 6.45) is -0.186. The summed E-state index contributed by atoms with van der Waals surface area (Å²) < 4.78 is 5.92. The number of ether oxygens (including phenoxy) is 1. The molecule has 0 aliphatic heterocycles. The summed E-state index contributed by atoms with van der Waals surface area (Å²) >= 11 is 0. The molecule has 0 spiro atoms. The molecule has 7 heteroatoms. The second-order valence-corrected chi connectivity index (χ2v) is 12.9. The van der Waals surface area contributed by atoms with Crippen LogP contribution >= 0.6 is 0 Å². The summed E-state index contributed by atoms with van der Waals surface area (Å²) in [5, 5.41) is 15.5. The smallest absolute Gasteiger partial charge is 0.407 e. The van der Waals surface area contributed by atoms with Crippen LogP contribution in [-0.2, 0) is 22.4 Å². The van der Waals surface area contributed by atoms with Crippen LogP contribution in [0.1, 0.15) is 38.5 Å². The molecule has 2 atom stereocenters. The predicted molar refractivity (Wildman–Crippen MR) is 199 cm³/mol. The molecule has 0 aromatic heterocycles. The van der Waals surface area contributed by atoms with E-state index in [1.807, 2.05) is 115 Å². The molecule has 0 fully saturated rings. The Hall–Kier alpha value is -6.21. The fourth-order valence-electron chi connectivity index (χ4n) is 7.11. The van der Waals surface area contributed by atoms with Crippen LogP contribution in [0.2, 0.25) is 0 Å². The Labute approximate surface area is 297 Å². The van der Waals surface area contributed by atoms with E-state index in [-0.39, 0.29) is 25.5 Å². The maximum atomic E-state index is 14.5. The van der Waals surface area contributed by atoms with Crippen molar-refractivity contribution >= 4 is 28.7 Å². The molecule has 0 saturated carbocycles. The molecule has 0 saturated heterocycles. The minimum Gasteiger partial charge on any atom is -0.480 e. The highest BCUT2D eigenvalue weighted by Crippen LogP contribution is 2.44. The first-order valence-corrected chi connectivity index (χ1v) is 17.2. The third-order valence-electron chi connectivity index (χ3n) is 9.60. The Morgan fingerprint density at radius 2 is 1.20 bits per heavy atom. The van der Waals surface area contributed by atoms with Crippen LogP contribution in [-0.4, -0.2) is 53.2 Å². The van der Waals surface area contributed by atoms with E-state index in [9.17, 15) is 19.5 Å². The molecule has 0 radical (unpaired) electrons. The van der Waals surface area contributed by atoms with Gasteiger partial charge in [-0.25, -0.2) is 9.59 Å². The monoisotopic (exact) mass is 674 g/mol. The van der Waals surface area contributed by atoms with E-state index < -0.39 is 30.1 Å². The Morgan fingerprint density at radius 3 is 1.82 bits per heavy atom. The molecule has 1 aliphatic rings. The van der Waals surface area contributed by atoms with E-state index in [4.69, 9.17) is 4.74 Å². The lowest BCUT2D eigenvalue weighted by Crippen LogP contribution is -2.53. The van der Waals surface area contributed by atoms with Gasteiger partial charge in [0.15, 0.2) is 0 Å². The Bertz CT molecular complexity index is 2120. The quantitative estimate of drug-likeness (QED) is 0.137. The summed E-state index contributed by atoms with van der Waals surface area (Å²) in [6.45, 7) is 0.0674. The van der Waals surface area contributed by atoms with Gasteiger partial charge in [0.1, 0.15) is 12.6 Å². The number of hydrogen-bond acceptors (Lipinski definition) is 4. The number of nitrogens with one attached hydrogen (secondary N) is 1. The Balaban J connectivity index is 1.17. The zero-order chi connectivity index (χ0) is 35.2. The van der Waals surface area contributed by atoms with Crippen LogP contribution in [0.25, 0.3) is 21.9 Å². The van der Waals surface area contributed by atoms with Crippen LogP contribution in [0.5, 0.6) is 0 Å². The van der Waals surface area contributed by atoms with E-state index in [0.29, 0.717) is 12.0 Å². The number of carboxylic acid groups (broad SMARTS) is 1. The molecule has 2 N–H and O–H groups in total. The van der Waals surface area contributed by atoms with Crippen molar-refractivity contribution in [1.82, 2.24) is 10.2 Å². The van der Waals surface area contributed by atoms with Crippen molar-refractivity contribution in [3.05, 3.63) is 179 Å². The van der Waals surface area contributed by atoms with Gasteiger partial charge in [0, 0.05) is 24.4 Å². The van der Waals surface area contributed by atoms with Gasteiger partial charge < -0.3 is 20.1 Å². The van der Waals surface area contributed by atoms with Gasteiger partial charge in [0.05, 0.1) is 6.04 Å². The molecule has 0 bridgehead atoms. The molecular formula is C44H38N2O5. The normalized spacial score (nSPS) is 13.1. The van der Waals surface area contributed by atoms with Crippen LogP contribution < -0.4 is 5.32 Å². The number of aliphatic carboxylic acids is 1. The minimum absolute atomic E-state index is 0.0610. The Kier molecular flexibility index (Phi) is 9.88. The summed E-state index contributed by atoms with van der Waals surface area (Å²) in [7, 11) is 0. The topological polar surface area (TPSA) is 95.9 Å². The molecule has 6 aromatic rings. The van der Waals surface area contributed by atoms with Gasteiger partial charge in [-0.05, 0) is 62.7 Å². The molecule has 1 aliphatic carbocycles. The van der Waals surface area contributed by atoms with Crippen molar-refractivity contribution in [3.8, 4) is 11.1 Å². The van der Waals surface area contributed by atoms with E-state index in [1.165, 1.54) is 4.90 Å². The van der Waals surface area contributed by atoms with Crippen LogP contribution in [0.15, 0.2) is 152 Å². The SMILES string of the molecule is O=C(NC(Cc1ccccc1)CN(C(=O)c1ccc2ccccc2c1)[C@@H](Cc1ccccc1)C(=O)O)OCC1c2ccccc2-c2ccccc21. The van der Waals surface area contributed by atoms with E-state index in [2.05, 4.69) is 29.6 Å². The first-order chi connectivity index (χ1) is 24.9. The average Bonchev–Trinajstić information content (AvgIpc) is 3.49. The molecule has 2 amide bonds. The average molecular weight is 675 g/mol. The molecule has 1 unspecified atom stereocenters. The van der Waals surface area contributed by atoms with Gasteiger partial charge in [-0.3, -0.25) is 4.79 Å². The van der Waals surface area contributed by atoms with E-state index >= 15 is 0 Å². The fourth-order valence-corrected chi connectivity index (χ4v) is 7.11. The number of carbonyl (C=O) groups is 3. The van der Waals surface area contributed by atoms with Gasteiger partial charge in [-0.15, -0.1) is 0 Å². The molecule has 254 valence electrons. The number of hydrogen-bond donors (Lipinski definition) is 2. The third-order valence-corrected chi connectivity index (χ3v) is 9.60. The fraction of sp³-hybridized carbons (Fsp3) is 0.159. The van der Waals surface area contributed by atoms with Crippen LogP contribution in [0, 0.1) is 0 Å². The predicted octanol–water partition coefficient (Wildman–Crippen LogP) is 8.13. The second-order valence-electron chi connectivity index (χ2n) is 12.9. The summed E-state index contributed by atoms with van der Waals surface area (Å²) in [5.74, 6) is -1.69. The number of fused-ring (bicyclic) bond motifs is 4. The lowest BCUT2D eigenvalue weighted by atomic mass is 9.98. The first-order valence-electron chi connectivity index (χ1n) is 17.2. The highest BCUT2D eigenvalue weighted by Gasteiger charge is 2.34. The zero-order valence-electron chi connectivity index (χ0n) is 28.0. The summed E-state index contributed by atoms with van der Waals surface area (Å²) in [6, 6.07) is 46.4. The van der Waals surface area contributed by atoms with Gasteiger partial charge in [0.2, 0.25) is 0 Å². The standard InChI is InChI=1S/C44H38N2O5/c47-42(34-24-23-32-17-7-8-18-33(32)27-34)46(41(43(48)49)26-31-15-5-2-6-16-31)28-35(25-30-13-3-1-4-14-30)45-44(50)51-29-40-38-21-11-9-19-36(38)37-20-10-12-22-39(37)40/h1-24,27,35,40-41H,25-26,28-29H2,(H,45,50)(H,48,49)/t35?,41-/m0/s1. The lowest BCUT2D eigenvalue weighted by Gasteiger charge is -2.33. The highest BCUT2D eigenvalue weighted by atomic mass is 16.5. The van der Waals surface area contributed by atoms with Crippen molar-refractivity contribution in [2.45, 2.75) is 30.8 Å². The van der Waals surface area contributed by atoms with Crippen LogP contribution in [0.4, 0.5) is 4.79 Å². The largest absolute Gasteiger partial charge is 0.480 e. The summed E-state index contributed by atoms with van der Waals surface area (Å²) in [5.41, 5.74) is 6.54. The maximum Gasteiger partial charge on any atom is 0.407 e. The van der Waals surface area contributed by atoms with Gasteiger partial charge in [0.25, 0.3) is 5.91 Å². The number of benzene rings is 6.